The Hall–Kier alpha value is -4.80. The van der Waals surface area contributed by atoms with Gasteiger partial charge in [-0.05, 0) is 29.4 Å². The summed E-state index contributed by atoms with van der Waals surface area (Å²) in [6.07, 6.45) is 0. The normalized spacial score (nSPS) is 11.9. The smallest absolute Gasteiger partial charge is 0.349 e. The van der Waals surface area contributed by atoms with E-state index in [4.69, 9.17) is 48.2 Å². The molecule has 3 rings (SSSR count). The van der Waals surface area contributed by atoms with Crippen LogP contribution in [0.5, 0.6) is 0 Å². The number of hydrogen-bond donors (Lipinski definition) is 7. The highest BCUT2D eigenvalue weighted by Crippen LogP contribution is 2.31. The number of rotatable bonds is 6. The van der Waals surface area contributed by atoms with Gasteiger partial charge in [0.25, 0.3) is 0 Å². The number of nitrogens with one attached hydrogen (secondary N) is 2. The zero-order valence-electron chi connectivity index (χ0n) is 16.2. The molecular formula is C20H20N8O3. The lowest BCUT2D eigenvalue weighted by molar-refractivity contribution is 0.260. The van der Waals surface area contributed by atoms with Gasteiger partial charge in [-0.15, -0.1) is 0 Å². The van der Waals surface area contributed by atoms with Crippen LogP contribution in [-0.2, 0) is 4.84 Å². The molecular weight excluding hydrogens is 400 g/mol. The van der Waals surface area contributed by atoms with Gasteiger partial charge in [0.05, 0.1) is 0 Å². The highest BCUT2D eigenvalue weighted by atomic mass is 16.7. The molecule has 0 aliphatic rings. The molecule has 0 spiro atoms. The van der Waals surface area contributed by atoms with Crippen molar-refractivity contribution in [1.82, 2.24) is 0 Å². The number of amidine groups is 4. The van der Waals surface area contributed by atoms with E-state index in [1.54, 1.807) is 54.6 Å². The summed E-state index contributed by atoms with van der Waals surface area (Å²) in [5.74, 6) is 0.760. The molecule has 0 saturated heterocycles. The van der Waals surface area contributed by atoms with Crippen LogP contribution >= 0.6 is 0 Å². The molecule has 2 aromatic carbocycles. The molecule has 11 heteroatoms. The van der Waals surface area contributed by atoms with Crippen LogP contribution in [0.15, 0.2) is 69.3 Å². The predicted molar refractivity (Wildman–Crippen MR) is 117 cm³/mol. The molecule has 0 atom stereocenters. The summed E-state index contributed by atoms with van der Waals surface area (Å²) in [4.78, 5) is 4.70. The Morgan fingerprint density at radius 1 is 0.839 bits per heavy atom. The Kier molecular flexibility index (Phi) is 5.87. The highest BCUT2D eigenvalue weighted by Gasteiger charge is 2.16. The molecule has 31 heavy (non-hydrogen) atoms. The number of benzene rings is 2. The third-order valence-electron chi connectivity index (χ3n) is 4.29. The fraction of sp³-hybridized carbons (Fsp3) is 0. The first-order valence-electron chi connectivity index (χ1n) is 8.82. The van der Waals surface area contributed by atoms with Crippen molar-refractivity contribution in [3.8, 4) is 22.6 Å². The molecule has 11 N–H and O–H groups in total. The van der Waals surface area contributed by atoms with Crippen molar-refractivity contribution in [1.29, 1.82) is 10.8 Å². The van der Waals surface area contributed by atoms with E-state index in [-0.39, 0.29) is 17.5 Å². The largest absolute Gasteiger partial charge is 0.456 e. The Balaban J connectivity index is 2.02. The minimum absolute atomic E-state index is 0.0225. The molecule has 0 bridgehead atoms. The molecule has 1 aromatic heterocycles. The van der Waals surface area contributed by atoms with Crippen molar-refractivity contribution in [3.63, 3.8) is 0 Å². The number of furan rings is 1. The summed E-state index contributed by atoms with van der Waals surface area (Å²) in [6, 6.07) is 14.8. The van der Waals surface area contributed by atoms with E-state index in [1.807, 2.05) is 0 Å². The van der Waals surface area contributed by atoms with Gasteiger partial charge in [-0.25, -0.2) is 0 Å². The molecule has 0 radical (unpaired) electrons. The van der Waals surface area contributed by atoms with Crippen LogP contribution in [-0.4, -0.2) is 28.7 Å². The van der Waals surface area contributed by atoms with Crippen LogP contribution in [0.3, 0.4) is 0 Å². The molecule has 0 amide bonds. The summed E-state index contributed by atoms with van der Waals surface area (Å²) in [7, 11) is 0. The van der Waals surface area contributed by atoms with Crippen LogP contribution in [0, 0.1) is 10.8 Å². The van der Waals surface area contributed by atoms with Gasteiger partial charge in [0.1, 0.15) is 23.2 Å². The predicted octanol–water partition coefficient (Wildman–Crippen LogP) is 1.52. The van der Waals surface area contributed by atoms with Crippen LogP contribution in [0.4, 0.5) is 0 Å². The van der Waals surface area contributed by atoms with E-state index in [0.717, 1.165) is 5.56 Å². The standard InChI is InChI=1S/C20H20N8O3/c21-17(22)11-3-1-10(2-4-11)15-7-8-16(30-15)13-6-5-12(18(23)24)9-14(13)19(25)28-31-20(26)27-29/h1-9,29H,(H3,21,22)(H3,23,24)(H2,25,28)(H2,26,27). The zero-order valence-corrected chi connectivity index (χ0v) is 16.2. The van der Waals surface area contributed by atoms with Gasteiger partial charge in [0, 0.05) is 27.8 Å². The number of nitrogen functional groups attached to an aromatic ring is 2. The molecule has 11 nitrogen and oxygen atoms in total. The third-order valence-corrected chi connectivity index (χ3v) is 4.29. The van der Waals surface area contributed by atoms with Gasteiger partial charge in [-0.3, -0.25) is 10.8 Å². The van der Waals surface area contributed by atoms with Crippen LogP contribution in [0.2, 0.25) is 0 Å². The molecule has 0 unspecified atom stereocenters. The molecule has 1 heterocycles. The van der Waals surface area contributed by atoms with Gasteiger partial charge >= 0.3 is 6.02 Å². The van der Waals surface area contributed by atoms with Crippen molar-refractivity contribution in [3.05, 3.63) is 71.3 Å². The fourth-order valence-electron chi connectivity index (χ4n) is 2.75. The number of nitrogens with two attached hydrogens (primary N) is 4. The number of hydrogen-bond acceptors (Lipinski definition) is 7. The summed E-state index contributed by atoms with van der Waals surface area (Å²) in [5, 5.41) is 30.0. The maximum atomic E-state index is 8.58. The van der Waals surface area contributed by atoms with Crippen molar-refractivity contribution < 1.29 is 14.5 Å². The molecule has 0 aliphatic carbocycles. The number of nitrogens with zero attached hydrogens (tertiary/aromatic N) is 2. The SMILES string of the molecule is N=C(N)c1ccc(-c2ccc(-c3ccc(C(=N)N)cc3C(N)=NOC(N)=NO)o2)cc1. The van der Waals surface area contributed by atoms with E-state index >= 15 is 0 Å². The third kappa shape index (κ3) is 4.62. The van der Waals surface area contributed by atoms with E-state index in [2.05, 4.69) is 10.3 Å². The summed E-state index contributed by atoms with van der Waals surface area (Å²) >= 11 is 0. The summed E-state index contributed by atoms with van der Waals surface area (Å²) in [5.41, 5.74) is 25.1. The quantitative estimate of drug-likeness (QED) is 0.135. The lowest BCUT2D eigenvalue weighted by Gasteiger charge is -2.09. The topological polar surface area (TPSA) is 219 Å². The maximum Gasteiger partial charge on any atom is 0.349 e. The monoisotopic (exact) mass is 420 g/mol. The van der Waals surface area contributed by atoms with Crippen molar-refractivity contribution in [2.75, 3.05) is 0 Å². The van der Waals surface area contributed by atoms with Gasteiger partial charge in [-0.1, -0.05) is 35.5 Å². The average Bonchev–Trinajstić information content (AvgIpc) is 3.26. The maximum absolute atomic E-state index is 8.58. The Morgan fingerprint density at radius 3 is 2.06 bits per heavy atom. The van der Waals surface area contributed by atoms with Gasteiger partial charge in [0.15, 0.2) is 5.84 Å². The Bertz CT molecular complexity index is 1200. The first kappa shape index (κ1) is 20.9. The van der Waals surface area contributed by atoms with Crippen LogP contribution < -0.4 is 22.9 Å². The zero-order chi connectivity index (χ0) is 22.5. The second kappa shape index (κ2) is 8.69. The molecule has 0 fully saturated rings. The Morgan fingerprint density at radius 2 is 1.45 bits per heavy atom. The van der Waals surface area contributed by atoms with Gasteiger partial charge in [0.2, 0.25) is 0 Å². The number of oxime groups is 2. The lowest BCUT2D eigenvalue weighted by atomic mass is 10.0. The second-order valence-electron chi connectivity index (χ2n) is 6.34. The summed E-state index contributed by atoms with van der Waals surface area (Å²) < 4.78 is 5.98. The highest BCUT2D eigenvalue weighted by molar-refractivity contribution is 6.06. The second-order valence-corrected chi connectivity index (χ2v) is 6.34. The van der Waals surface area contributed by atoms with Crippen molar-refractivity contribution in [2.24, 2.45) is 33.2 Å². The van der Waals surface area contributed by atoms with E-state index in [9.17, 15) is 0 Å². The molecule has 0 aliphatic heterocycles. The van der Waals surface area contributed by atoms with Crippen LogP contribution in [0.1, 0.15) is 16.7 Å². The first-order valence-corrected chi connectivity index (χ1v) is 8.82. The van der Waals surface area contributed by atoms with Crippen LogP contribution in [0.25, 0.3) is 22.6 Å². The average molecular weight is 420 g/mol. The fourth-order valence-corrected chi connectivity index (χ4v) is 2.75. The van der Waals surface area contributed by atoms with Crippen molar-refractivity contribution >= 4 is 23.5 Å². The van der Waals surface area contributed by atoms with Gasteiger partial charge < -0.3 is 37.4 Å². The van der Waals surface area contributed by atoms with Gasteiger partial charge in [-0.2, -0.15) is 0 Å². The van der Waals surface area contributed by atoms with Crippen molar-refractivity contribution in [2.45, 2.75) is 0 Å². The Labute approximate surface area is 176 Å². The van der Waals surface area contributed by atoms with E-state index < -0.39 is 6.02 Å². The van der Waals surface area contributed by atoms with E-state index in [0.29, 0.717) is 33.8 Å². The van der Waals surface area contributed by atoms with E-state index in [1.165, 1.54) is 0 Å². The lowest BCUT2D eigenvalue weighted by Crippen LogP contribution is -2.20. The minimum Gasteiger partial charge on any atom is -0.456 e. The molecule has 3 aromatic rings. The molecule has 0 saturated carbocycles. The summed E-state index contributed by atoms with van der Waals surface area (Å²) in [6.45, 7) is 0. The first-order chi connectivity index (χ1) is 14.8. The molecule has 158 valence electrons. The minimum atomic E-state index is -0.596.